The lowest BCUT2D eigenvalue weighted by Gasteiger charge is -2.15. The molecule has 1 heterocycles. The Labute approximate surface area is 109 Å². The molecule has 0 saturated carbocycles. The van der Waals surface area contributed by atoms with E-state index in [1.807, 2.05) is 17.9 Å². The molecule has 1 atom stereocenters. The largest absolute Gasteiger partial charge is 0.313 e. The molecule has 0 aliphatic rings. The minimum atomic E-state index is 0.338. The van der Waals surface area contributed by atoms with Gasteiger partial charge in [0, 0.05) is 23.8 Å². The second-order valence-electron chi connectivity index (χ2n) is 4.56. The van der Waals surface area contributed by atoms with Gasteiger partial charge in [0.2, 0.25) is 0 Å². The number of aromatic nitrogens is 2. The Morgan fingerprint density at radius 3 is 2.61 bits per heavy atom. The first-order chi connectivity index (χ1) is 8.69. The van der Waals surface area contributed by atoms with Crippen molar-refractivity contribution in [1.29, 1.82) is 0 Å². The van der Waals surface area contributed by atoms with Gasteiger partial charge in [0.05, 0.1) is 6.20 Å². The number of rotatable bonds is 4. The predicted octanol–water partition coefficient (Wildman–Crippen LogP) is 3.16. The Morgan fingerprint density at radius 2 is 2.00 bits per heavy atom. The van der Waals surface area contributed by atoms with Gasteiger partial charge in [0.15, 0.2) is 0 Å². The average Bonchev–Trinajstić information content (AvgIpc) is 2.78. The smallest absolute Gasteiger partial charge is 0.0571 e. The van der Waals surface area contributed by atoms with Crippen molar-refractivity contribution in [3.8, 4) is 11.1 Å². The number of hydrogen-bond donors (Lipinski definition) is 1. The lowest BCUT2D eigenvalue weighted by atomic mass is 9.96. The van der Waals surface area contributed by atoms with Gasteiger partial charge in [-0.15, -0.1) is 0 Å². The van der Waals surface area contributed by atoms with Crippen LogP contribution in [-0.2, 0) is 6.54 Å². The monoisotopic (exact) mass is 243 g/mol. The summed E-state index contributed by atoms with van der Waals surface area (Å²) in [7, 11) is 1.99. The van der Waals surface area contributed by atoms with Crippen molar-refractivity contribution in [2.24, 2.45) is 0 Å². The van der Waals surface area contributed by atoms with Crippen LogP contribution >= 0.6 is 0 Å². The van der Waals surface area contributed by atoms with Gasteiger partial charge in [0.25, 0.3) is 0 Å². The Morgan fingerprint density at radius 1 is 1.28 bits per heavy atom. The molecule has 1 N–H and O–H groups in total. The normalized spacial score (nSPS) is 12.7. The molecule has 0 amide bonds. The fourth-order valence-corrected chi connectivity index (χ4v) is 2.31. The van der Waals surface area contributed by atoms with Crippen LogP contribution in [0.1, 0.15) is 31.1 Å². The summed E-state index contributed by atoms with van der Waals surface area (Å²) in [5.74, 6) is 0. The van der Waals surface area contributed by atoms with Crippen molar-refractivity contribution < 1.29 is 0 Å². The van der Waals surface area contributed by atoms with Crippen molar-refractivity contribution in [2.75, 3.05) is 7.05 Å². The molecule has 0 aliphatic heterocycles. The first kappa shape index (κ1) is 12.8. The molecule has 3 heteroatoms. The zero-order chi connectivity index (χ0) is 13.1. The lowest BCUT2D eigenvalue weighted by molar-refractivity contribution is 0.639. The SMILES string of the molecule is CCn1ncc(-c2ccccc2C(C)NC)c1C. The summed E-state index contributed by atoms with van der Waals surface area (Å²) in [6.45, 7) is 7.34. The summed E-state index contributed by atoms with van der Waals surface area (Å²) >= 11 is 0. The predicted molar refractivity (Wildman–Crippen MR) is 75.5 cm³/mol. The zero-order valence-electron chi connectivity index (χ0n) is 11.6. The van der Waals surface area contributed by atoms with Gasteiger partial charge in [-0.05, 0) is 38.9 Å². The molecule has 1 unspecified atom stereocenters. The quantitative estimate of drug-likeness (QED) is 0.894. The molecule has 1 aromatic heterocycles. The van der Waals surface area contributed by atoms with Gasteiger partial charge in [-0.3, -0.25) is 4.68 Å². The third-order valence-corrected chi connectivity index (χ3v) is 3.55. The second kappa shape index (κ2) is 5.36. The third kappa shape index (κ3) is 2.18. The molecule has 3 nitrogen and oxygen atoms in total. The molecule has 2 aromatic rings. The first-order valence-corrected chi connectivity index (χ1v) is 6.48. The van der Waals surface area contributed by atoms with Gasteiger partial charge >= 0.3 is 0 Å². The molecule has 0 saturated heterocycles. The van der Waals surface area contributed by atoms with E-state index < -0.39 is 0 Å². The first-order valence-electron chi connectivity index (χ1n) is 6.48. The number of hydrogen-bond acceptors (Lipinski definition) is 2. The molecule has 0 radical (unpaired) electrons. The number of aryl methyl sites for hydroxylation is 1. The van der Waals surface area contributed by atoms with E-state index in [1.54, 1.807) is 0 Å². The third-order valence-electron chi connectivity index (χ3n) is 3.55. The number of benzene rings is 1. The van der Waals surface area contributed by atoms with E-state index in [9.17, 15) is 0 Å². The highest BCUT2D eigenvalue weighted by Gasteiger charge is 2.14. The Hall–Kier alpha value is -1.61. The maximum atomic E-state index is 4.43. The van der Waals surface area contributed by atoms with E-state index >= 15 is 0 Å². The van der Waals surface area contributed by atoms with Crippen LogP contribution in [0.25, 0.3) is 11.1 Å². The van der Waals surface area contributed by atoms with E-state index in [2.05, 4.69) is 55.5 Å². The molecule has 0 fully saturated rings. The average molecular weight is 243 g/mol. The van der Waals surface area contributed by atoms with Gasteiger partial charge in [-0.2, -0.15) is 5.10 Å². The van der Waals surface area contributed by atoms with E-state index in [4.69, 9.17) is 0 Å². The van der Waals surface area contributed by atoms with Crippen LogP contribution in [0.15, 0.2) is 30.5 Å². The summed E-state index contributed by atoms with van der Waals surface area (Å²) in [6.07, 6.45) is 1.97. The maximum absolute atomic E-state index is 4.43. The van der Waals surface area contributed by atoms with Crippen LogP contribution in [-0.4, -0.2) is 16.8 Å². The summed E-state index contributed by atoms with van der Waals surface area (Å²) in [6, 6.07) is 8.87. The Bertz CT molecular complexity index is 528. The van der Waals surface area contributed by atoms with Crippen molar-refractivity contribution in [3.05, 3.63) is 41.7 Å². The molecular weight excluding hydrogens is 222 g/mol. The van der Waals surface area contributed by atoms with Gasteiger partial charge < -0.3 is 5.32 Å². The highest BCUT2D eigenvalue weighted by atomic mass is 15.3. The number of nitrogens with zero attached hydrogens (tertiary/aromatic N) is 2. The van der Waals surface area contributed by atoms with Crippen LogP contribution < -0.4 is 5.32 Å². The molecule has 0 spiro atoms. The van der Waals surface area contributed by atoms with Crippen molar-refractivity contribution in [2.45, 2.75) is 33.4 Å². The summed E-state index contributed by atoms with van der Waals surface area (Å²) in [5.41, 5.74) is 5.05. The molecule has 0 aliphatic carbocycles. The van der Waals surface area contributed by atoms with Gasteiger partial charge in [-0.1, -0.05) is 24.3 Å². The van der Waals surface area contributed by atoms with Crippen LogP contribution in [0.4, 0.5) is 0 Å². The molecule has 96 valence electrons. The topological polar surface area (TPSA) is 29.9 Å². The van der Waals surface area contributed by atoms with Crippen molar-refractivity contribution in [3.63, 3.8) is 0 Å². The molecule has 2 rings (SSSR count). The van der Waals surface area contributed by atoms with E-state index in [-0.39, 0.29) is 0 Å². The van der Waals surface area contributed by atoms with Crippen LogP contribution in [0.2, 0.25) is 0 Å². The zero-order valence-corrected chi connectivity index (χ0v) is 11.6. The maximum Gasteiger partial charge on any atom is 0.0571 e. The van der Waals surface area contributed by atoms with Crippen molar-refractivity contribution in [1.82, 2.24) is 15.1 Å². The highest BCUT2D eigenvalue weighted by Crippen LogP contribution is 2.30. The number of nitrogens with one attached hydrogen (secondary N) is 1. The highest BCUT2D eigenvalue weighted by molar-refractivity contribution is 5.69. The van der Waals surface area contributed by atoms with Crippen LogP contribution in [0.3, 0.4) is 0 Å². The van der Waals surface area contributed by atoms with Crippen LogP contribution in [0.5, 0.6) is 0 Å². The van der Waals surface area contributed by atoms with Crippen molar-refractivity contribution >= 4 is 0 Å². The fourth-order valence-electron chi connectivity index (χ4n) is 2.31. The van der Waals surface area contributed by atoms with Crippen LogP contribution in [0, 0.1) is 6.92 Å². The molecular formula is C15H21N3. The molecule has 0 bridgehead atoms. The minimum absolute atomic E-state index is 0.338. The Balaban J connectivity index is 2.53. The lowest BCUT2D eigenvalue weighted by Crippen LogP contribution is -2.13. The van der Waals surface area contributed by atoms with E-state index in [0.29, 0.717) is 6.04 Å². The summed E-state index contributed by atoms with van der Waals surface area (Å²) < 4.78 is 2.04. The summed E-state index contributed by atoms with van der Waals surface area (Å²) in [5, 5.41) is 7.74. The second-order valence-corrected chi connectivity index (χ2v) is 4.56. The van der Waals surface area contributed by atoms with Gasteiger partial charge in [-0.25, -0.2) is 0 Å². The minimum Gasteiger partial charge on any atom is -0.313 e. The van der Waals surface area contributed by atoms with Gasteiger partial charge in [0.1, 0.15) is 0 Å². The Kier molecular flexibility index (Phi) is 3.82. The van der Waals surface area contributed by atoms with E-state index in [0.717, 1.165) is 6.54 Å². The fraction of sp³-hybridized carbons (Fsp3) is 0.400. The molecule has 18 heavy (non-hydrogen) atoms. The standard InChI is InChI=1S/C15H21N3/c1-5-18-12(3)15(10-17-18)14-9-7-6-8-13(14)11(2)16-4/h6-11,16H,5H2,1-4H3. The summed E-state index contributed by atoms with van der Waals surface area (Å²) in [4.78, 5) is 0. The van der Waals surface area contributed by atoms with E-state index in [1.165, 1.54) is 22.4 Å². The molecule has 1 aromatic carbocycles.